The molecule has 15 rings (SSSR count). The first kappa shape index (κ1) is 118. The van der Waals surface area contributed by atoms with Gasteiger partial charge in [0.15, 0.2) is 30.9 Å². The Hall–Kier alpha value is -11.0. The molecule has 0 aliphatic heterocycles. The van der Waals surface area contributed by atoms with Gasteiger partial charge in [-0.05, 0) is 171 Å². The summed E-state index contributed by atoms with van der Waals surface area (Å²) in [7, 11) is 5.11. The fourth-order valence-electron chi connectivity index (χ4n) is 14.1. The topological polar surface area (TPSA) is 306 Å². The first-order valence-electron chi connectivity index (χ1n) is 47.3. The maximum Gasteiger partial charge on any atom is 0.251 e. The van der Waals surface area contributed by atoms with Gasteiger partial charge < -0.3 is 29.4 Å². The Balaban J connectivity index is 0.000000181. The molecule has 147 heavy (non-hydrogen) atoms. The van der Waals surface area contributed by atoms with E-state index in [0.717, 1.165) is 56.9 Å². The number of nitrogens with zero attached hydrogens (tertiary/aromatic N) is 24. The Kier molecular flexibility index (Phi) is 46.7. The molecule has 0 radical (unpaired) electrons. The number of aromatic nitrogens is 18. The standard InChI is InChI=1S/C19H25ClN4OS.C19H19ClN4OS.C18H15ClN4OS.C18H25ClN4OS.C16H21ClN4OS.C15H19ClN4OS/c1-13(2)17(26-3)9-18(25)23(11-14-6-7-14)16-12-24(22-19(16)20)15-5-4-8-21-10-15;1-14(13-26-16-8-4-3-5-9-16)19(25)23(2)17-12-24(22-18(17)20)15-7-6-10-21-11-15;1-22(17(24)9-11-25-15-7-3-2-4-8-15)16-13-23(21-18(16)19)14-6-5-10-20-12-14;1-5-9-22(17(24)10-16(25-4)13(2)3)15-12-23(21-18(15)19)14-7-6-8-20-11-14;1-5-20(14(22)9-16(2,3)23-4)13-11-21(19-15(13)17)12-7-6-8-18-10-12;1-15(2,22-4)8-13(21)19(3)12-10-20(18-14(12)16)11-6-5-7-17-9-11/h4-5,8,10,12-14,17H,6-7,9,11H2,1-3H3;3-12,14H,13H2,1-2H3;2-13H,1H3;6-8,11-13,16H,5,9-10H2,1-4H3;6-8,10-11H,5,9H2,1-4H3;5-7,9-10H,8H2,1-4H3/b;;11-9+;;;. The first-order chi connectivity index (χ1) is 70.4. The number of carbonyl (C=O) groups excluding carboxylic acids is 6. The molecule has 42 heteroatoms. The zero-order chi connectivity index (χ0) is 107. The van der Waals surface area contributed by atoms with Crippen LogP contribution in [0.3, 0.4) is 0 Å². The molecule has 14 aromatic rings. The third-order valence-corrected chi connectivity index (χ3v) is 31.9. The van der Waals surface area contributed by atoms with E-state index in [1.54, 1.807) is 238 Å². The SMILES string of the molecule is CC(CSc1ccccc1)C(=O)N(C)c1cn(-c2cccnc2)nc1Cl.CCCN(C(=O)CC(SC)C(C)C)c1cn(-c2cccnc2)nc1Cl.CCN(C(=O)CC(C)(C)SC)c1cn(-c2cccnc2)nc1Cl.CN(C(=O)/C=C/Sc1ccccc1)c1cn(-c2cccnc2)nc1Cl.CSC(C)(C)CC(=O)N(C)c1cn(-c2cccnc2)nc1Cl.CSC(CC(=O)N(CC1CC1)c1cn(-c2cccnc2)nc1Cl)C(C)C. The smallest absolute Gasteiger partial charge is 0.251 e. The molecule has 0 N–H and O–H groups in total. The highest BCUT2D eigenvalue weighted by molar-refractivity contribution is 8.02. The van der Waals surface area contributed by atoms with Crippen molar-refractivity contribution in [2.75, 3.05) is 101 Å². The van der Waals surface area contributed by atoms with E-state index in [1.165, 1.54) is 35.6 Å². The van der Waals surface area contributed by atoms with Crippen molar-refractivity contribution < 1.29 is 28.8 Å². The maximum atomic E-state index is 13.1. The lowest BCUT2D eigenvalue weighted by Gasteiger charge is -2.26. The van der Waals surface area contributed by atoms with Crippen molar-refractivity contribution >= 4 is 210 Å². The van der Waals surface area contributed by atoms with Gasteiger partial charge in [0, 0.05) is 151 Å². The number of anilines is 6. The summed E-state index contributed by atoms with van der Waals surface area (Å²) in [5.41, 5.74) is 8.45. The van der Waals surface area contributed by atoms with Crippen molar-refractivity contribution in [3.05, 3.63) is 287 Å². The van der Waals surface area contributed by atoms with Crippen LogP contribution in [0.15, 0.2) is 266 Å². The van der Waals surface area contributed by atoms with Crippen LogP contribution < -0.4 is 29.4 Å². The van der Waals surface area contributed by atoms with Crippen molar-refractivity contribution in [1.29, 1.82) is 0 Å². The van der Waals surface area contributed by atoms with E-state index in [1.807, 2.05) is 192 Å². The van der Waals surface area contributed by atoms with E-state index < -0.39 is 0 Å². The molecule has 0 spiro atoms. The Morgan fingerprint density at radius 3 is 1.05 bits per heavy atom. The summed E-state index contributed by atoms with van der Waals surface area (Å²) in [5.74, 6) is 2.08. The van der Waals surface area contributed by atoms with Crippen LogP contribution in [-0.4, -0.2) is 216 Å². The molecule has 3 atom stereocenters. The molecule has 0 saturated heterocycles. The predicted octanol–water partition coefficient (Wildman–Crippen LogP) is 24.6. The van der Waals surface area contributed by atoms with E-state index in [0.29, 0.717) is 128 Å². The number of benzene rings is 2. The molecule has 1 fully saturated rings. The molecule has 778 valence electrons. The molecular weight excluding hydrogens is 2100 g/mol. The minimum Gasteiger partial charge on any atom is -0.311 e. The van der Waals surface area contributed by atoms with Gasteiger partial charge in [0.25, 0.3) is 5.91 Å². The molecular formula is C105H124Cl6N24O6S6. The summed E-state index contributed by atoms with van der Waals surface area (Å²) in [6.07, 6.45) is 45.7. The molecule has 6 amide bonds. The number of thioether (sulfide) groups is 6. The summed E-state index contributed by atoms with van der Waals surface area (Å²) in [4.78, 5) is 113. The zero-order valence-electron chi connectivity index (χ0n) is 85.4. The average Bonchev–Trinajstić information content (AvgIpc) is 1.68. The summed E-state index contributed by atoms with van der Waals surface area (Å²) in [6, 6.07) is 42.2. The summed E-state index contributed by atoms with van der Waals surface area (Å²) < 4.78 is 9.60. The second-order valence-corrected chi connectivity index (χ2v) is 45.0. The number of likely N-dealkylation sites (N-methyl/N-ethyl adjacent to an activating group) is 1. The highest BCUT2D eigenvalue weighted by Gasteiger charge is 2.34. The van der Waals surface area contributed by atoms with E-state index >= 15 is 0 Å². The van der Waals surface area contributed by atoms with Crippen LogP contribution in [0, 0.1) is 23.7 Å². The molecule has 30 nitrogen and oxygen atoms in total. The minimum absolute atomic E-state index is 0.000989. The van der Waals surface area contributed by atoms with Crippen LogP contribution in [0.5, 0.6) is 0 Å². The van der Waals surface area contributed by atoms with Crippen LogP contribution in [0.2, 0.25) is 30.9 Å². The Morgan fingerprint density at radius 2 is 0.721 bits per heavy atom. The van der Waals surface area contributed by atoms with Gasteiger partial charge in [-0.3, -0.25) is 58.7 Å². The average molecular weight is 2220 g/mol. The van der Waals surface area contributed by atoms with E-state index in [4.69, 9.17) is 69.6 Å². The van der Waals surface area contributed by atoms with Crippen molar-refractivity contribution in [2.45, 2.75) is 151 Å². The van der Waals surface area contributed by atoms with Gasteiger partial charge in [0.1, 0.15) is 34.1 Å². The molecule has 3 unspecified atom stereocenters. The number of hydrogen-bond donors (Lipinski definition) is 0. The van der Waals surface area contributed by atoms with Crippen LogP contribution in [-0.2, 0) is 28.8 Å². The Morgan fingerprint density at radius 1 is 0.401 bits per heavy atom. The van der Waals surface area contributed by atoms with Crippen molar-refractivity contribution in [2.24, 2.45) is 23.7 Å². The zero-order valence-corrected chi connectivity index (χ0v) is 94.8. The number of hydrogen-bond acceptors (Lipinski definition) is 24. The van der Waals surface area contributed by atoms with Gasteiger partial charge in [-0.1, -0.05) is 187 Å². The molecule has 0 bridgehead atoms. The first-order valence-corrected chi connectivity index (χ1v) is 56.4. The van der Waals surface area contributed by atoms with Gasteiger partial charge in [0.05, 0.1) is 108 Å². The summed E-state index contributed by atoms with van der Waals surface area (Å²) >= 11 is 47.6. The molecule has 1 aliphatic carbocycles. The largest absolute Gasteiger partial charge is 0.311 e. The molecule has 12 aromatic heterocycles. The maximum absolute atomic E-state index is 13.1. The fourth-order valence-corrected chi connectivity index (χ4v) is 19.4. The van der Waals surface area contributed by atoms with Crippen LogP contribution in [0.1, 0.15) is 121 Å². The third-order valence-electron chi connectivity index (χ3n) is 23.1. The van der Waals surface area contributed by atoms with E-state index in [2.05, 4.69) is 115 Å². The number of halogens is 6. The van der Waals surface area contributed by atoms with Gasteiger partial charge in [-0.15, -0.1) is 11.8 Å². The molecule has 12 heterocycles. The summed E-state index contributed by atoms with van der Waals surface area (Å²) in [6.45, 7) is 24.6. The molecule has 1 saturated carbocycles. The van der Waals surface area contributed by atoms with Crippen LogP contribution in [0.25, 0.3) is 34.1 Å². The van der Waals surface area contributed by atoms with Crippen molar-refractivity contribution in [3.8, 4) is 34.1 Å². The number of rotatable bonds is 38. The lowest BCUT2D eigenvalue weighted by Crippen LogP contribution is -2.35. The highest BCUT2D eigenvalue weighted by atomic mass is 35.5. The fraction of sp³-hybridized carbons (Fsp3) is 0.352. The van der Waals surface area contributed by atoms with Crippen LogP contribution in [0.4, 0.5) is 34.1 Å². The number of amides is 6. The van der Waals surface area contributed by atoms with Crippen molar-refractivity contribution in [3.63, 3.8) is 0 Å². The minimum atomic E-state index is -0.184. The molecule has 2 aromatic carbocycles. The Labute approximate surface area is 916 Å². The summed E-state index contributed by atoms with van der Waals surface area (Å²) in [5, 5.41) is 30.0. The quantitative estimate of drug-likeness (QED) is 0.0256. The van der Waals surface area contributed by atoms with Gasteiger partial charge in [-0.2, -0.15) is 77.6 Å². The van der Waals surface area contributed by atoms with Crippen molar-refractivity contribution in [1.82, 2.24) is 88.6 Å². The third kappa shape index (κ3) is 35.3. The lowest BCUT2D eigenvalue weighted by atomic mass is 10.1. The van der Waals surface area contributed by atoms with Gasteiger partial charge >= 0.3 is 0 Å². The monoisotopic (exact) mass is 2220 g/mol. The second kappa shape index (κ2) is 58.2. The van der Waals surface area contributed by atoms with Gasteiger partial charge in [0.2, 0.25) is 29.5 Å². The van der Waals surface area contributed by atoms with E-state index in [-0.39, 0.29) is 61.2 Å². The van der Waals surface area contributed by atoms with Gasteiger partial charge in [-0.25, -0.2) is 28.1 Å². The molecule has 1 aliphatic rings. The Bertz CT molecular complexity index is 6520. The number of carbonyl (C=O) groups is 6. The van der Waals surface area contributed by atoms with E-state index in [9.17, 15) is 28.8 Å². The van der Waals surface area contributed by atoms with Crippen LogP contribution >= 0.6 is 140 Å². The lowest BCUT2D eigenvalue weighted by molar-refractivity contribution is -0.121. The highest BCUT2D eigenvalue weighted by Crippen LogP contribution is 2.39. The predicted molar refractivity (Wildman–Crippen MR) is 610 cm³/mol. The second-order valence-electron chi connectivity index (χ2n) is 35.6. The normalized spacial score (nSPS) is 12.3. The number of pyridine rings is 6.